The van der Waals surface area contributed by atoms with Crippen LogP contribution in [0.2, 0.25) is 0 Å². The molecule has 1 aliphatic carbocycles. The zero-order valence-electron chi connectivity index (χ0n) is 15.7. The summed E-state index contributed by atoms with van der Waals surface area (Å²) >= 11 is 1.49. The maximum Gasteiger partial charge on any atom is 0.348 e. The first-order chi connectivity index (χ1) is 13.7. The zero-order valence-corrected chi connectivity index (χ0v) is 16.6. The second-order valence-electron chi connectivity index (χ2n) is 7.04. The molecular formula is C21H24N2O4S. The summed E-state index contributed by atoms with van der Waals surface area (Å²) in [5.74, 6) is -0.758. The van der Waals surface area contributed by atoms with Crippen molar-refractivity contribution >= 4 is 34.6 Å². The number of morpholine rings is 1. The minimum absolute atomic E-state index is 0.285. The maximum absolute atomic E-state index is 12.2. The summed E-state index contributed by atoms with van der Waals surface area (Å²) in [5, 5.41) is 2.77. The molecule has 148 valence electrons. The number of anilines is 2. The fourth-order valence-electron chi connectivity index (χ4n) is 3.57. The standard InChI is InChI=1S/C21H24N2O4S/c24-20(14-27-21(25)19-13-15-3-1-2-4-18(15)28-19)22-16-5-7-17(8-6-16)23-9-11-26-12-10-23/h5-8,13H,1-4,9-12,14H2,(H,22,24). The number of thiophene rings is 1. The van der Waals surface area contributed by atoms with Crippen molar-refractivity contribution in [2.45, 2.75) is 25.7 Å². The topological polar surface area (TPSA) is 67.9 Å². The van der Waals surface area contributed by atoms with Crippen molar-refractivity contribution in [3.05, 3.63) is 45.6 Å². The summed E-state index contributed by atoms with van der Waals surface area (Å²) in [6, 6.07) is 9.59. The van der Waals surface area contributed by atoms with Crippen LogP contribution in [0.4, 0.5) is 11.4 Å². The van der Waals surface area contributed by atoms with Crippen LogP contribution in [0.15, 0.2) is 30.3 Å². The molecule has 1 aromatic heterocycles. The van der Waals surface area contributed by atoms with Gasteiger partial charge in [-0.3, -0.25) is 4.79 Å². The van der Waals surface area contributed by atoms with Gasteiger partial charge in [-0.2, -0.15) is 0 Å². The van der Waals surface area contributed by atoms with Crippen LogP contribution in [0, 0.1) is 0 Å². The Hall–Kier alpha value is -2.38. The number of amides is 1. The molecular weight excluding hydrogens is 376 g/mol. The Kier molecular flexibility index (Phi) is 5.92. The van der Waals surface area contributed by atoms with E-state index in [0.29, 0.717) is 10.6 Å². The Balaban J connectivity index is 1.27. The first-order valence-electron chi connectivity index (χ1n) is 9.70. The number of nitrogens with one attached hydrogen (secondary N) is 1. The Bertz CT molecular complexity index is 817. The molecule has 0 atom stereocenters. The van der Waals surface area contributed by atoms with Crippen molar-refractivity contribution in [2.75, 3.05) is 43.1 Å². The van der Waals surface area contributed by atoms with Crippen LogP contribution >= 0.6 is 11.3 Å². The van der Waals surface area contributed by atoms with Gasteiger partial charge in [0.2, 0.25) is 0 Å². The molecule has 0 saturated carbocycles. The van der Waals surface area contributed by atoms with E-state index in [1.807, 2.05) is 30.3 Å². The Morgan fingerprint density at radius 3 is 2.61 bits per heavy atom. The van der Waals surface area contributed by atoms with Crippen molar-refractivity contribution in [3.63, 3.8) is 0 Å². The number of carbonyl (C=O) groups is 2. The highest BCUT2D eigenvalue weighted by atomic mass is 32.1. The highest BCUT2D eigenvalue weighted by molar-refractivity contribution is 7.14. The van der Waals surface area contributed by atoms with E-state index in [1.54, 1.807) is 0 Å². The van der Waals surface area contributed by atoms with Crippen molar-refractivity contribution in [3.8, 4) is 0 Å². The van der Waals surface area contributed by atoms with Crippen molar-refractivity contribution in [1.82, 2.24) is 0 Å². The SMILES string of the molecule is O=C(COC(=O)c1cc2c(s1)CCCC2)Nc1ccc(N2CCOCC2)cc1. The molecule has 0 unspecified atom stereocenters. The lowest BCUT2D eigenvalue weighted by Crippen LogP contribution is -2.36. The molecule has 1 saturated heterocycles. The quantitative estimate of drug-likeness (QED) is 0.781. The molecule has 28 heavy (non-hydrogen) atoms. The molecule has 2 aliphatic rings. The van der Waals surface area contributed by atoms with Gasteiger partial charge in [0.15, 0.2) is 6.61 Å². The molecule has 1 fully saturated rings. The number of carbonyl (C=O) groups excluding carboxylic acids is 2. The van der Waals surface area contributed by atoms with Crippen LogP contribution in [0.25, 0.3) is 0 Å². The summed E-state index contributed by atoms with van der Waals surface area (Å²) in [5.41, 5.74) is 3.05. The van der Waals surface area contributed by atoms with Crippen molar-refractivity contribution < 1.29 is 19.1 Å². The van der Waals surface area contributed by atoms with E-state index in [0.717, 1.165) is 44.8 Å². The van der Waals surface area contributed by atoms with E-state index in [9.17, 15) is 9.59 Å². The number of benzene rings is 1. The molecule has 1 aromatic carbocycles. The monoisotopic (exact) mass is 400 g/mol. The maximum atomic E-state index is 12.2. The second kappa shape index (κ2) is 8.75. The number of fused-ring (bicyclic) bond motifs is 1. The zero-order chi connectivity index (χ0) is 19.3. The summed E-state index contributed by atoms with van der Waals surface area (Å²) in [6.07, 6.45) is 4.41. The normalized spacial score (nSPS) is 16.4. The predicted molar refractivity (Wildman–Crippen MR) is 109 cm³/mol. The number of hydrogen-bond donors (Lipinski definition) is 1. The smallest absolute Gasteiger partial charge is 0.348 e. The highest BCUT2D eigenvalue weighted by Crippen LogP contribution is 2.30. The van der Waals surface area contributed by atoms with Crippen molar-refractivity contribution in [1.29, 1.82) is 0 Å². The van der Waals surface area contributed by atoms with Gasteiger partial charge in [-0.05, 0) is 61.6 Å². The first-order valence-corrected chi connectivity index (χ1v) is 10.5. The molecule has 0 radical (unpaired) electrons. The molecule has 4 rings (SSSR count). The van der Waals surface area contributed by atoms with Gasteiger partial charge in [-0.25, -0.2) is 4.79 Å². The lowest BCUT2D eigenvalue weighted by Gasteiger charge is -2.28. The Labute approximate surface area is 168 Å². The summed E-state index contributed by atoms with van der Waals surface area (Å²) in [4.78, 5) is 28.5. The minimum Gasteiger partial charge on any atom is -0.451 e. The van der Waals surface area contributed by atoms with Crippen LogP contribution in [0.5, 0.6) is 0 Å². The molecule has 1 N–H and O–H groups in total. The molecule has 2 heterocycles. The lowest BCUT2D eigenvalue weighted by atomic mass is 9.99. The van der Waals surface area contributed by atoms with Gasteiger partial charge in [0.25, 0.3) is 5.91 Å². The molecule has 6 nitrogen and oxygen atoms in total. The van der Waals surface area contributed by atoms with E-state index in [-0.39, 0.29) is 12.5 Å². The van der Waals surface area contributed by atoms with Crippen LogP contribution in [0.1, 0.15) is 33.0 Å². The summed E-state index contributed by atoms with van der Waals surface area (Å²) in [7, 11) is 0. The number of aryl methyl sites for hydroxylation is 2. The Morgan fingerprint density at radius 2 is 1.86 bits per heavy atom. The van der Waals surface area contributed by atoms with Gasteiger partial charge in [0.05, 0.1) is 13.2 Å². The fraction of sp³-hybridized carbons (Fsp3) is 0.429. The second-order valence-corrected chi connectivity index (χ2v) is 8.17. The number of hydrogen-bond acceptors (Lipinski definition) is 6. The molecule has 7 heteroatoms. The van der Waals surface area contributed by atoms with Gasteiger partial charge < -0.3 is 19.7 Å². The summed E-state index contributed by atoms with van der Waals surface area (Å²) in [6.45, 7) is 2.92. The number of esters is 1. The molecule has 1 aliphatic heterocycles. The molecule has 2 aromatic rings. The van der Waals surface area contributed by atoms with Crippen LogP contribution < -0.4 is 10.2 Å². The first kappa shape index (κ1) is 19.0. The van der Waals surface area contributed by atoms with Crippen LogP contribution in [0.3, 0.4) is 0 Å². The summed E-state index contributed by atoms with van der Waals surface area (Å²) < 4.78 is 10.6. The van der Waals surface area contributed by atoms with Crippen LogP contribution in [-0.2, 0) is 27.1 Å². The third-order valence-corrected chi connectivity index (χ3v) is 6.28. The highest BCUT2D eigenvalue weighted by Gasteiger charge is 2.19. The van der Waals surface area contributed by atoms with Gasteiger partial charge in [0.1, 0.15) is 4.88 Å². The largest absolute Gasteiger partial charge is 0.451 e. The number of ether oxygens (including phenoxy) is 2. The minimum atomic E-state index is -0.419. The molecule has 0 bridgehead atoms. The van der Waals surface area contributed by atoms with E-state index in [4.69, 9.17) is 9.47 Å². The van der Waals surface area contributed by atoms with E-state index in [1.165, 1.54) is 34.6 Å². The van der Waals surface area contributed by atoms with Gasteiger partial charge >= 0.3 is 5.97 Å². The molecule has 0 spiro atoms. The molecule has 1 amide bonds. The van der Waals surface area contributed by atoms with Gasteiger partial charge in [0, 0.05) is 29.3 Å². The van der Waals surface area contributed by atoms with Crippen molar-refractivity contribution in [2.24, 2.45) is 0 Å². The third-order valence-electron chi connectivity index (χ3n) is 5.06. The fourth-order valence-corrected chi connectivity index (χ4v) is 4.72. The average molecular weight is 401 g/mol. The van der Waals surface area contributed by atoms with Gasteiger partial charge in [-0.1, -0.05) is 0 Å². The van der Waals surface area contributed by atoms with Crippen LogP contribution in [-0.4, -0.2) is 44.8 Å². The lowest BCUT2D eigenvalue weighted by molar-refractivity contribution is -0.119. The number of rotatable bonds is 5. The predicted octanol–water partition coefficient (Wildman–Crippen LogP) is 3.26. The number of nitrogens with zero attached hydrogens (tertiary/aromatic N) is 1. The third kappa shape index (κ3) is 4.54. The van der Waals surface area contributed by atoms with E-state index >= 15 is 0 Å². The van der Waals surface area contributed by atoms with E-state index < -0.39 is 5.97 Å². The Morgan fingerprint density at radius 1 is 1.11 bits per heavy atom. The average Bonchev–Trinajstić information content (AvgIpc) is 3.18. The van der Waals surface area contributed by atoms with Gasteiger partial charge in [-0.15, -0.1) is 11.3 Å². The van der Waals surface area contributed by atoms with E-state index in [2.05, 4.69) is 10.2 Å².